The standard InChI is InChI=1S/C11H14N4O2/c1-11(2,3)8-6-9(14-17-8)13-10(16)15-5-4-12-7-15/h4-7H,1-3H3,(H,13,14,16). The summed E-state index contributed by atoms with van der Waals surface area (Å²) in [5.41, 5.74) is -0.134. The Morgan fingerprint density at radius 3 is 2.76 bits per heavy atom. The van der Waals surface area contributed by atoms with Crippen molar-refractivity contribution in [3.05, 3.63) is 30.5 Å². The molecule has 0 radical (unpaired) electrons. The molecule has 1 N–H and O–H groups in total. The van der Waals surface area contributed by atoms with Crippen molar-refractivity contribution in [2.24, 2.45) is 0 Å². The summed E-state index contributed by atoms with van der Waals surface area (Å²) in [6.07, 6.45) is 4.50. The second-order valence-electron chi connectivity index (χ2n) is 4.73. The van der Waals surface area contributed by atoms with Gasteiger partial charge in [0.25, 0.3) is 0 Å². The molecule has 0 aliphatic heterocycles. The molecular formula is C11H14N4O2. The van der Waals surface area contributed by atoms with E-state index in [1.165, 1.54) is 17.1 Å². The number of carbonyl (C=O) groups excluding carboxylic acids is 1. The fourth-order valence-electron chi connectivity index (χ4n) is 1.24. The highest BCUT2D eigenvalue weighted by Gasteiger charge is 2.20. The second-order valence-corrected chi connectivity index (χ2v) is 4.73. The van der Waals surface area contributed by atoms with Crippen molar-refractivity contribution < 1.29 is 9.32 Å². The van der Waals surface area contributed by atoms with Crippen molar-refractivity contribution in [3.63, 3.8) is 0 Å². The summed E-state index contributed by atoms with van der Waals surface area (Å²) < 4.78 is 6.48. The molecule has 2 rings (SSSR count). The van der Waals surface area contributed by atoms with Gasteiger partial charge in [0.2, 0.25) is 0 Å². The van der Waals surface area contributed by atoms with Gasteiger partial charge in [0.15, 0.2) is 5.82 Å². The fraction of sp³-hybridized carbons (Fsp3) is 0.364. The van der Waals surface area contributed by atoms with Crippen molar-refractivity contribution in [2.45, 2.75) is 26.2 Å². The van der Waals surface area contributed by atoms with Crippen molar-refractivity contribution in [1.82, 2.24) is 14.7 Å². The lowest BCUT2D eigenvalue weighted by atomic mass is 9.93. The van der Waals surface area contributed by atoms with Crippen LogP contribution < -0.4 is 5.32 Å². The van der Waals surface area contributed by atoms with E-state index in [2.05, 4.69) is 15.5 Å². The van der Waals surface area contributed by atoms with E-state index in [-0.39, 0.29) is 11.4 Å². The highest BCUT2D eigenvalue weighted by atomic mass is 16.5. The number of aromatic nitrogens is 3. The van der Waals surface area contributed by atoms with Crippen molar-refractivity contribution in [3.8, 4) is 0 Å². The molecule has 90 valence electrons. The van der Waals surface area contributed by atoms with E-state index in [4.69, 9.17) is 4.52 Å². The minimum atomic E-state index is -0.323. The predicted octanol–water partition coefficient (Wildman–Crippen LogP) is 2.25. The van der Waals surface area contributed by atoms with Crippen LogP contribution in [0.3, 0.4) is 0 Å². The molecule has 0 atom stereocenters. The molecule has 0 aliphatic carbocycles. The van der Waals surface area contributed by atoms with Crippen LogP contribution in [-0.4, -0.2) is 20.7 Å². The lowest BCUT2D eigenvalue weighted by Gasteiger charge is -2.11. The first kappa shape index (κ1) is 11.4. The molecule has 2 aromatic heterocycles. The summed E-state index contributed by atoms with van der Waals surface area (Å²) in [4.78, 5) is 15.5. The average Bonchev–Trinajstić information content (AvgIpc) is 2.85. The Bertz CT molecular complexity index is 508. The number of imidazole rings is 1. The van der Waals surface area contributed by atoms with Crippen molar-refractivity contribution in [2.75, 3.05) is 5.32 Å². The molecule has 6 heteroatoms. The maximum atomic E-state index is 11.7. The molecule has 1 amide bonds. The van der Waals surface area contributed by atoms with Gasteiger partial charge in [-0.05, 0) is 0 Å². The van der Waals surface area contributed by atoms with Gasteiger partial charge in [-0.1, -0.05) is 25.9 Å². The number of hydrogen-bond acceptors (Lipinski definition) is 4. The Labute approximate surface area is 98.6 Å². The van der Waals surface area contributed by atoms with Gasteiger partial charge in [-0.3, -0.25) is 9.88 Å². The number of nitrogens with zero attached hydrogens (tertiary/aromatic N) is 3. The molecule has 0 saturated carbocycles. The molecule has 0 aliphatic rings. The second kappa shape index (κ2) is 4.04. The van der Waals surface area contributed by atoms with E-state index in [0.29, 0.717) is 5.82 Å². The normalized spacial score (nSPS) is 11.5. The fourth-order valence-corrected chi connectivity index (χ4v) is 1.24. The first-order valence-corrected chi connectivity index (χ1v) is 5.23. The molecule has 0 saturated heterocycles. The molecule has 17 heavy (non-hydrogen) atoms. The van der Waals surface area contributed by atoms with E-state index in [1.54, 1.807) is 12.3 Å². The van der Waals surface area contributed by atoms with Gasteiger partial charge in [-0.25, -0.2) is 9.78 Å². The number of nitrogens with one attached hydrogen (secondary N) is 1. The zero-order chi connectivity index (χ0) is 12.5. The number of amides is 1. The Hall–Kier alpha value is -2.11. The van der Waals surface area contributed by atoms with E-state index in [9.17, 15) is 4.79 Å². The summed E-state index contributed by atoms with van der Waals surface area (Å²) in [5.74, 6) is 1.12. The summed E-state index contributed by atoms with van der Waals surface area (Å²) in [5, 5.41) is 6.41. The van der Waals surface area contributed by atoms with Crippen LogP contribution in [0.5, 0.6) is 0 Å². The smallest absolute Gasteiger partial charge is 0.332 e. The maximum Gasteiger partial charge on any atom is 0.332 e. The molecule has 0 aromatic carbocycles. The molecule has 6 nitrogen and oxygen atoms in total. The molecular weight excluding hydrogens is 220 g/mol. The van der Waals surface area contributed by atoms with Crippen LogP contribution in [0.25, 0.3) is 0 Å². The molecule has 2 aromatic rings. The van der Waals surface area contributed by atoms with Gasteiger partial charge in [-0.15, -0.1) is 0 Å². The Kier molecular flexibility index (Phi) is 2.71. The number of carbonyl (C=O) groups is 1. The summed E-state index contributed by atoms with van der Waals surface area (Å²) in [6, 6.07) is 1.39. The SMILES string of the molecule is CC(C)(C)c1cc(NC(=O)n2ccnc2)no1. The summed E-state index contributed by atoms with van der Waals surface area (Å²) >= 11 is 0. The van der Waals surface area contributed by atoms with Gasteiger partial charge in [0, 0.05) is 23.9 Å². The first-order valence-electron chi connectivity index (χ1n) is 5.23. The van der Waals surface area contributed by atoms with Crippen molar-refractivity contribution in [1.29, 1.82) is 0 Å². The van der Waals surface area contributed by atoms with Gasteiger partial charge < -0.3 is 4.52 Å². The third-order valence-corrected chi connectivity index (χ3v) is 2.22. The third-order valence-electron chi connectivity index (χ3n) is 2.22. The quantitative estimate of drug-likeness (QED) is 0.821. The third kappa shape index (κ3) is 2.52. The van der Waals surface area contributed by atoms with Gasteiger partial charge >= 0.3 is 6.03 Å². The molecule has 0 unspecified atom stereocenters. The average molecular weight is 234 g/mol. The van der Waals surface area contributed by atoms with Crippen LogP contribution in [0.4, 0.5) is 10.6 Å². The van der Waals surface area contributed by atoms with Crippen LogP contribution in [0, 0.1) is 0 Å². The van der Waals surface area contributed by atoms with E-state index in [0.717, 1.165) is 5.76 Å². The van der Waals surface area contributed by atoms with Crippen LogP contribution in [0.2, 0.25) is 0 Å². The van der Waals surface area contributed by atoms with Gasteiger partial charge in [0.1, 0.15) is 12.1 Å². The monoisotopic (exact) mass is 234 g/mol. The lowest BCUT2D eigenvalue weighted by Crippen LogP contribution is -2.17. The summed E-state index contributed by atoms with van der Waals surface area (Å²) in [6.45, 7) is 6.03. The number of rotatable bonds is 1. The van der Waals surface area contributed by atoms with Crippen LogP contribution >= 0.6 is 0 Å². The van der Waals surface area contributed by atoms with Crippen LogP contribution in [0.1, 0.15) is 26.5 Å². The van der Waals surface area contributed by atoms with Gasteiger partial charge in [-0.2, -0.15) is 0 Å². The zero-order valence-corrected chi connectivity index (χ0v) is 9.97. The zero-order valence-electron chi connectivity index (χ0n) is 9.97. The summed E-state index contributed by atoms with van der Waals surface area (Å²) in [7, 11) is 0. The van der Waals surface area contributed by atoms with Gasteiger partial charge in [0.05, 0.1) is 0 Å². The largest absolute Gasteiger partial charge is 0.359 e. The molecule has 0 bridgehead atoms. The Balaban J connectivity index is 2.10. The number of hydrogen-bond donors (Lipinski definition) is 1. The van der Waals surface area contributed by atoms with Crippen LogP contribution in [0.15, 0.2) is 29.3 Å². The van der Waals surface area contributed by atoms with E-state index >= 15 is 0 Å². The lowest BCUT2D eigenvalue weighted by molar-refractivity contribution is 0.253. The van der Waals surface area contributed by atoms with Crippen LogP contribution in [-0.2, 0) is 5.41 Å². The Morgan fingerprint density at radius 2 is 2.24 bits per heavy atom. The molecule has 0 spiro atoms. The highest BCUT2D eigenvalue weighted by Crippen LogP contribution is 2.24. The van der Waals surface area contributed by atoms with Crippen molar-refractivity contribution >= 4 is 11.8 Å². The number of anilines is 1. The Morgan fingerprint density at radius 1 is 1.47 bits per heavy atom. The topological polar surface area (TPSA) is 73.0 Å². The predicted molar refractivity (Wildman–Crippen MR) is 61.8 cm³/mol. The maximum absolute atomic E-state index is 11.7. The highest BCUT2D eigenvalue weighted by molar-refractivity contribution is 5.89. The minimum Gasteiger partial charge on any atom is -0.359 e. The molecule has 0 fully saturated rings. The first-order chi connectivity index (χ1) is 7.97. The van der Waals surface area contributed by atoms with E-state index in [1.807, 2.05) is 20.8 Å². The van der Waals surface area contributed by atoms with E-state index < -0.39 is 0 Å². The minimum absolute atomic E-state index is 0.134. The molecule has 2 heterocycles.